The lowest BCUT2D eigenvalue weighted by Gasteiger charge is -2.54. The molecule has 7 aliphatic rings. The zero-order valence-corrected chi connectivity index (χ0v) is 19.5. The molecule has 0 radical (unpaired) electrons. The van der Waals surface area contributed by atoms with Crippen LogP contribution in [0.25, 0.3) is 0 Å². The Kier molecular flexibility index (Phi) is 3.96. The highest BCUT2D eigenvalue weighted by Gasteiger charge is 2.82. The van der Waals surface area contributed by atoms with Gasteiger partial charge in [0.05, 0.1) is 30.8 Å². The van der Waals surface area contributed by atoms with E-state index < -0.39 is 65.1 Å². The summed E-state index contributed by atoms with van der Waals surface area (Å²) in [6.45, 7) is 8.58. The largest absolute Gasteiger partial charge is 0.392 e. The lowest BCUT2D eigenvalue weighted by molar-refractivity contribution is -0.379. The fourth-order valence-corrected chi connectivity index (χ4v) is 8.56. The van der Waals surface area contributed by atoms with Crippen LogP contribution in [0.1, 0.15) is 47.0 Å². The second-order valence-electron chi connectivity index (χ2n) is 12.2. The summed E-state index contributed by atoms with van der Waals surface area (Å²) < 4.78 is 24.3. The fraction of sp³-hybridized carbons (Fsp3) is 0.840. The van der Waals surface area contributed by atoms with Gasteiger partial charge in [0.2, 0.25) is 5.79 Å². The maximum Gasteiger partial charge on any atom is 0.233 e. The molecule has 7 rings (SSSR count). The maximum atomic E-state index is 12.0. The predicted octanol–water partition coefficient (Wildman–Crippen LogP) is 0.973. The van der Waals surface area contributed by atoms with Crippen LogP contribution in [0.2, 0.25) is 0 Å². The van der Waals surface area contributed by atoms with Gasteiger partial charge in [-0.3, -0.25) is 0 Å². The van der Waals surface area contributed by atoms with Crippen molar-refractivity contribution in [3.63, 3.8) is 0 Å². The van der Waals surface area contributed by atoms with E-state index in [1.807, 2.05) is 0 Å². The SMILES string of the molecule is CC(C)C1=C2[C@H]3[C@@H](O)C=C4[C@H]5O[C@H]6CO[C@H]7O[C@@H]([C@@H]4[C@@]7(O)[C@@]6(O)O5)[C@]3(C)CC[C@@]2(C)[C@@H](O)C1. The van der Waals surface area contributed by atoms with Gasteiger partial charge < -0.3 is 39.4 Å². The van der Waals surface area contributed by atoms with Gasteiger partial charge in [-0.05, 0) is 30.8 Å². The van der Waals surface area contributed by atoms with Crippen LogP contribution in [-0.4, -0.2) is 75.4 Å². The Labute approximate surface area is 193 Å². The fourth-order valence-electron chi connectivity index (χ4n) is 8.56. The molecular formula is C25H34O8. The number of aliphatic hydroxyl groups is 4. The van der Waals surface area contributed by atoms with E-state index in [2.05, 4.69) is 27.7 Å². The van der Waals surface area contributed by atoms with Crippen LogP contribution in [-0.2, 0) is 18.9 Å². The van der Waals surface area contributed by atoms with E-state index in [0.717, 1.165) is 12.0 Å². The molecule has 2 bridgehead atoms. The van der Waals surface area contributed by atoms with Crippen molar-refractivity contribution in [1.29, 1.82) is 0 Å². The zero-order chi connectivity index (χ0) is 23.3. The average Bonchev–Trinajstić information content (AvgIpc) is 3.32. The van der Waals surface area contributed by atoms with Crippen molar-refractivity contribution < 1.29 is 39.4 Å². The second kappa shape index (κ2) is 6.10. The molecule has 0 aromatic carbocycles. The van der Waals surface area contributed by atoms with Crippen LogP contribution in [0.5, 0.6) is 0 Å². The first-order valence-corrected chi connectivity index (χ1v) is 12.3. The van der Waals surface area contributed by atoms with E-state index >= 15 is 0 Å². The summed E-state index contributed by atoms with van der Waals surface area (Å²) in [7, 11) is 0. The van der Waals surface area contributed by atoms with Crippen LogP contribution in [0.15, 0.2) is 22.8 Å². The molecule has 3 aliphatic carbocycles. The summed E-state index contributed by atoms with van der Waals surface area (Å²) in [4.78, 5) is 0. The van der Waals surface area contributed by atoms with Gasteiger partial charge in [0, 0.05) is 16.7 Å². The van der Waals surface area contributed by atoms with Crippen molar-refractivity contribution in [2.24, 2.45) is 28.6 Å². The smallest absolute Gasteiger partial charge is 0.233 e. The number of hydrogen-bond donors (Lipinski definition) is 4. The van der Waals surface area contributed by atoms with Gasteiger partial charge in [-0.25, -0.2) is 0 Å². The molecule has 5 fully saturated rings. The number of ether oxygens (including phenoxy) is 4. The van der Waals surface area contributed by atoms with Crippen molar-refractivity contribution in [1.82, 2.24) is 0 Å². The Morgan fingerprint density at radius 1 is 1.06 bits per heavy atom. The topological polar surface area (TPSA) is 118 Å². The minimum Gasteiger partial charge on any atom is -0.392 e. The molecule has 1 saturated carbocycles. The summed E-state index contributed by atoms with van der Waals surface area (Å²) in [5, 5.41) is 46.4. The molecule has 33 heavy (non-hydrogen) atoms. The molecule has 0 unspecified atom stereocenters. The van der Waals surface area contributed by atoms with Gasteiger partial charge in [0.25, 0.3) is 0 Å². The third-order valence-electron chi connectivity index (χ3n) is 10.4. The van der Waals surface area contributed by atoms with Crippen LogP contribution >= 0.6 is 0 Å². The Hall–Kier alpha value is -0.840. The predicted molar refractivity (Wildman–Crippen MR) is 113 cm³/mol. The van der Waals surface area contributed by atoms with Crippen LogP contribution in [0.3, 0.4) is 0 Å². The van der Waals surface area contributed by atoms with Crippen molar-refractivity contribution in [2.45, 2.75) is 95.3 Å². The molecule has 12 atom stereocenters. The molecule has 182 valence electrons. The van der Waals surface area contributed by atoms with Crippen molar-refractivity contribution in [2.75, 3.05) is 6.61 Å². The zero-order valence-electron chi connectivity index (χ0n) is 19.5. The lowest BCUT2D eigenvalue weighted by atomic mass is 9.52. The van der Waals surface area contributed by atoms with E-state index in [1.165, 1.54) is 5.57 Å². The summed E-state index contributed by atoms with van der Waals surface area (Å²) >= 11 is 0. The molecular weight excluding hydrogens is 428 g/mol. The number of hydrogen-bond acceptors (Lipinski definition) is 8. The van der Waals surface area contributed by atoms with E-state index in [0.29, 0.717) is 18.4 Å². The first-order chi connectivity index (χ1) is 15.5. The highest BCUT2D eigenvalue weighted by molar-refractivity contribution is 5.43. The van der Waals surface area contributed by atoms with Gasteiger partial charge in [0.1, 0.15) is 6.10 Å². The molecule has 4 heterocycles. The molecule has 4 N–H and O–H groups in total. The minimum absolute atomic E-state index is 0.0578. The standard InChI is InChI=1S/C25H34O8/c1-10(2)11-8-14(27)22(3)5-6-23(4)18(16(11)22)13(26)7-12-17-19(23)32-21-24(17,28)25(29)15(9-30-21)31-20(12)33-25/h7,10,13-15,17-21,26-29H,5-6,8-9H2,1-4H3/t13-,14-,15-,17+,18+,19-,20-,21-,22-,23+,24-,25-/m0/s1. The van der Waals surface area contributed by atoms with Crippen molar-refractivity contribution in [3.05, 3.63) is 22.8 Å². The number of fused-ring (bicyclic) bond motifs is 6. The Morgan fingerprint density at radius 3 is 2.55 bits per heavy atom. The first kappa shape index (κ1) is 21.4. The van der Waals surface area contributed by atoms with Gasteiger partial charge in [-0.1, -0.05) is 44.9 Å². The molecule has 8 nitrogen and oxygen atoms in total. The van der Waals surface area contributed by atoms with E-state index in [9.17, 15) is 20.4 Å². The highest BCUT2D eigenvalue weighted by atomic mass is 16.8. The van der Waals surface area contributed by atoms with E-state index in [4.69, 9.17) is 18.9 Å². The van der Waals surface area contributed by atoms with Crippen LogP contribution in [0, 0.1) is 28.6 Å². The van der Waals surface area contributed by atoms with Crippen LogP contribution in [0.4, 0.5) is 0 Å². The summed E-state index contributed by atoms with van der Waals surface area (Å²) in [5.74, 6) is -2.61. The first-order valence-electron chi connectivity index (χ1n) is 12.3. The lowest BCUT2D eigenvalue weighted by Crippen LogP contribution is -2.73. The van der Waals surface area contributed by atoms with Gasteiger partial charge in [-0.15, -0.1) is 0 Å². The van der Waals surface area contributed by atoms with E-state index in [1.54, 1.807) is 6.08 Å². The van der Waals surface area contributed by atoms with Gasteiger partial charge in [0.15, 0.2) is 18.2 Å². The molecule has 0 aromatic rings. The second-order valence-corrected chi connectivity index (χ2v) is 12.2. The Balaban J connectivity index is 1.46. The van der Waals surface area contributed by atoms with Gasteiger partial charge >= 0.3 is 0 Å². The number of aliphatic hydroxyl groups excluding tert-OH is 2. The van der Waals surface area contributed by atoms with Crippen molar-refractivity contribution in [3.8, 4) is 0 Å². The Bertz CT molecular complexity index is 991. The molecule has 0 aromatic heterocycles. The Morgan fingerprint density at radius 2 is 1.82 bits per heavy atom. The summed E-state index contributed by atoms with van der Waals surface area (Å²) in [6, 6.07) is 0. The monoisotopic (exact) mass is 462 g/mol. The quantitative estimate of drug-likeness (QED) is 0.426. The highest BCUT2D eigenvalue weighted by Crippen LogP contribution is 2.69. The maximum absolute atomic E-state index is 12.0. The average molecular weight is 463 g/mol. The molecule has 0 spiro atoms. The molecule has 4 saturated heterocycles. The third kappa shape index (κ3) is 2.14. The molecule has 4 aliphatic heterocycles. The molecule has 8 heteroatoms. The minimum atomic E-state index is -1.92. The van der Waals surface area contributed by atoms with Crippen LogP contribution < -0.4 is 0 Å². The summed E-state index contributed by atoms with van der Waals surface area (Å²) in [6.07, 6.45) is -0.757. The third-order valence-corrected chi connectivity index (χ3v) is 10.4. The number of rotatable bonds is 1. The van der Waals surface area contributed by atoms with Gasteiger partial charge in [-0.2, -0.15) is 0 Å². The molecule has 0 amide bonds. The van der Waals surface area contributed by atoms with E-state index in [-0.39, 0.29) is 18.4 Å². The normalized spacial score (nSPS) is 60.6. The summed E-state index contributed by atoms with van der Waals surface area (Å²) in [5.41, 5.74) is 0.172. The van der Waals surface area contributed by atoms with Crippen molar-refractivity contribution >= 4 is 0 Å².